The fourth-order valence-electron chi connectivity index (χ4n) is 4.33. The highest BCUT2D eigenvalue weighted by atomic mass is 16.5. The summed E-state index contributed by atoms with van der Waals surface area (Å²) in [6, 6.07) is 16.3. The molecule has 0 radical (unpaired) electrons. The first-order valence-electron chi connectivity index (χ1n) is 12.6. The Hall–Kier alpha value is -4.47. The van der Waals surface area contributed by atoms with Gasteiger partial charge in [0.25, 0.3) is 5.91 Å². The molecule has 3 amide bonds. The maximum Gasteiger partial charge on any atom is 0.251 e. The number of anilines is 2. The molecule has 3 aromatic rings. The summed E-state index contributed by atoms with van der Waals surface area (Å²) >= 11 is 0. The van der Waals surface area contributed by atoms with Gasteiger partial charge in [-0.2, -0.15) is 0 Å². The predicted molar refractivity (Wildman–Crippen MR) is 145 cm³/mol. The van der Waals surface area contributed by atoms with Crippen molar-refractivity contribution < 1.29 is 19.1 Å². The molecule has 1 aromatic heterocycles. The summed E-state index contributed by atoms with van der Waals surface area (Å²) in [5.41, 5.74) is 2.93. The van der Waals surface area contributed by atoms with E-state index in [0.29, 0.717) is 24.3 Å². The summed E-state index contributed by atoms with van der Waals surface area (Å²) in [6.45, 7) is 3.55. The number of piperidine rings is 1. The molecule has 0 unspecified atom stereocenters. The van der Waals surface area contributed by atoms with E-state index in [4.69, 9.17) is 4.74 Å². The van der Waals surface area contributed by atoms with Crippen molar-refractivity contribution in [1.29, 1.82) is 0 Å². The second-order valence-electron chi connectivity index (χ2n) is 9.06. The lowest BCUT2D eigenvalue weighted by Gasteiger charge is -2.32. The van der Waals surface area contributed by atoms with Crippen LogP contribution >= 0.6 is 0 Å². The van der Waals surface area contributed by atoms with Crippen LogP contribution in [0.5, 0.6) is 5.75 Å². The van der Waals surface area contributed by atoms with Gasteiger partial charge < -0.3 is 25.6 Å². The number of amides is 3. The average Bonchev–Trinajstić information content (AvgIpc) is 2.95. The first-order valence-corrected chi connectivity index (χ1v) is 12.6. The molecule has 10 heteroatoms. The molecular formula is C28H32N6O4. The van der Waals surface area contributed by atoms with Gasteiger partial charge in [-0.1, -0.05) is 0 Å². The van der Waals surface area contributed by atoms with E-state index in [1.165, 1.54) is 6.92 Å². The van der Waals surface area contributed by atoms with Crippen LogP contribution < -0.4 is 25.6 Å². The molecule has 0 saturated carbocycles. The first-order chi connectivity index (χ1) is 18.4. The number of benzene rings is 2. The van der Waals surface area contributed by atoms with Crippen LogP contribution in [-0.2, 0) is 9.59 Å². The second kappa shape index (κ2) is 12.7. The van der Waals surface area contributed by atoms with Crippen molar-refractivity contribution in [2.45, 2.75) is 19.8 Å². The average molecular weight is 517 g/mol. The van der Waals surface area contributed by atoms with E-state index in [1.54, 1.807) is 37.7 Å². The largest absolute Gasteiger partial charge is 0.497 e. The van der Waals surface area contributed by atoms with Crippen molar-refractivity contribution in [3.63, 3.8) is 0 Å². The van der Waals surface area contributed by atoms with E-state index in [-0.39, 0.29) is 23.6 Å². The van der Waals surface area contributed by atoms with Crippen LogP contribution in [0, 0.1) is 5.92 Å². The number of hydrogen-bond acceptors (Lipinski definition) is 7. The topological polar surface area (TPSA) is 126 Å². The van der Waals surface area contributed by atoms with Gasteiger partial charge >= 0.3 is 0 Å². The minimum Gasteiger partial charge on any atom is -0.497 e. The lowest BCUT2D eigenvalue weighted by Crippen LogP contribution is -2.42. The van der Waals surface area contributed by atoms with Gasteiger partial charge in [0.15, 0.2) is 0 Å². The third-order valence-electron chi connectivity index (χ3n) is 6.41. The minimum absolute atomic E-state index is 0.000156. The molecule has 38 heavy (non-hydrogen) atoms. The molecule has 0 aliphatic carbocycles. The Bertz CT molecular complexity index is 1260. The van der Waals surface area contributed by atoms with Crippen molar-refractivity contribution in [2.24, 2.45) is 5.92 Å². The molecule has 4 rings (SSSR count). The van der Waals surface area contributed by atoms with E-state index < -0.39 is 0 Å². The van der Waals surface area contributed by atoms with Gasteiger partial charge in [0, 0.05) is 61.9 Å². The lowest BCUT2D eigenvalue weighted by molar-refractivity contribution is -0.125. The Labute approximate surface area is 221 Å². The van der Waals surface area contributed by atoms with Gasteiger partial charge in [-0.3, -0.25) is 14.4 Å². The Balaban J connectivity index is 1.19. The zero-order chi connectivity index (χ0) is 26.9. The molecule has 0 bridgehead atoms. The van der Waals surface area contributed by atoms with Crippen LogP contribution in [0.15, 0.2) is 60.9 Å². The summed E-state index contributed by atoms with van der Waals surface area (Å²) in [6.07, 6.45) is 3.01. The standard InChI is InChI=1S/C28H32N6O4/c1-19(35)33-23-7-3-21(4-8-23)27(36)29-13-14-30-28(37)22-11-15-34(16-12-22)26-17-25(31-18-32-26)20-5-9-24(38-2)10-6-20/h3-10,17-18,22H,11-16H2,1-2H3,(H,29,36)(H,30,37)(H,33,35). The Morgan fingerprint density at radius 1 is 0.947 bits per heavy atom. The maximum atomic E-state index is 12.7. The highest BCUT2D eigenvalue weighted by molar-refractivity contribution is 5.95. The summed E-state index contributed by atoms with van der Waals surface area (Å²) in [4.78, 5) is 47.1. The van der Waals surface area contributed by atoms with Gasteiger partial charge in [0.2, 0.25) is 11.8 Å². The molecule has 3 N–H and O–H groups in total. The van der Waals surface area contributed by atoms with Crippen LogP contribution in [0.4, 0.5) is 11.5 Å². The van der Waals surface area contributed by atoms with E-state index >= 15 is 0 Å². The Morgan fingerprint density at radius 2 is 1.63 bits per heavy atom. The highest BCUT2D eigenvalue weighted by Crippen LogP contribution is 2.26. The normalized spacial score (nSPS) is 13.5. The molecule has 1 aliphatic rings. The maximum absolute atomic E-state index is 12.7. The van der Waals surface area contributed by atoms with Gasteiger partial charge in [-0.25, -0.2) is 9.97 Å². The molecule has 10 nitrogen and oxygen atoms in total. The summed E-state index contributed by atoms with van der Waals surface area (Å²) in [5, 5.41) is 8.39. The molecule has 0 spiro atoms. The zero-order valence-electron chi connectivity index (χ0n) is 21.6. The third-order valence-corrected chi connectivity index (χ3v) is 6.41. The summed E-state index contributed by atoms with van der Waals surface area (Å²) in [5.74, 6) is 1.15. The van der Waals surface area contributed by atoms with Crippen molar-refractivity contribution in [2.75, 3.05) is 43.5 Å². The lowest BCUT2D eigenvalue weighted by atomic mass is 9.96. The van der Waals surface area contributed by atoms with Gasteiger partial charge in [0.1, 0.15) is 17.9 Å². The molecule has 1 saturated heterocycles. The number of nitrogens with zero attached hydrogens (tertiary/aromatic N) is 3. The number of ether oxygens (including phenoxy) is 1. The summed E-state index contributed by atoms with van der Waals surface area (Å²) < 4.78 is 5.22. The smallest absolute Gasteiger partial charge is 0.251 e. The highest BCUT2D eigenvalue weighted by Gasteiger charge is 2.25. The minimum atomic E-state index is -0.235. The van der Waals surface area contributed by atoms with Crippen LogP contribution in [-0.4, -0.2) is 61.0 Å². The van der Waals surface area contributed by atoms with E-state index in [0.717, 1.165) is 48.8 Å². The van der Waals surface area contributed by atoms with Gasteiger partial charge in [0.05, 0.1) is 12.8 Å². The number of carbonyl (C=O) groups excluding carboxylic acids is 3. The van der Waals surface area contributed by atoms with Crippen LogP contribution in [0.2, 0.25) is 0 Å². The molecule has 198 valence electrons. The number of carbonyl (C=O) groups is 3. The van der Waals surface area contributed by atoms with Gasteiger partial charge in [-0.05, 0) is 61.4 Å². The fraction of sp³-hybridized carbons (Fsp3) is 0.321. The molecule has 1 fully saturated rings. The molecule has 1 aliphatic heterocycles. The van der Waals surface area contributed by atoms with Crippen molar-refractivity contribution in [3.8, 4) is 17.0 Å². The fourth-order valence-corrected chi connectivity index (χ4v) is 4.33. The van der Waals surface area contributed by atoms with Crippen LogP contribution in [0.1, 0.15) is 30.1 Å². The van der Waals surface area contributed by atoms with E-state index in [9.17, 15) is 14.4 Å². The second-order valence-corrected chi connectivity index (χ2v) is 9.06. The molecular weight excluding hydrogens is 484 g/mol. The van der Waals surface area contributed by atoms with Crippen LogP contribution in [0.25, 0.3) is 11.3 Å². The van der Waals surface area contributed by atoms with Crippen molar-refractivity contribution >= 4 is 29.2 Å². The molecule has 2 heterocycles. The molecule has 2 aromatic carbocycles. The number of nitrogens with one attached hydrogen (secondary N) is 3. The predicted octanol–water partition coefficient (Wildman–Crippen LogP) is 2.87. The first kappa shape index (κ1) is 26.6. The third kappa shape index (κ3) is 7.06. The SMILES string of the molecule is COc1ccc(-c2cc(N3CCC(C(=O)NCCNC(=O)c4ccc(NC(C)=O)cc4)CC3)ncn2)cc1. The van der Waals surface area contributed by atoms with Crippen LogP contribution in [0.3, 0.4) is 0 Å². The number of rotatable bonds is 9. The zero-order valence-corrected chi connectivity index (χ0v) is 21.6. The Kier molecular flexibility index (Phi) is 8.86. The van der Waals surface area contributed by atoms with E-state index in [1.807, 2.05) is 30.3 Å². The Morgan fingerprint density at radius 3 is 2.29 bits per heavy atom. The summed E-state index contributed by atoms with van der Waals surface area (Å²) in [7, 11) is 1.64. The number of hydrogen-bond donors (Lipinski definition) is 3. The molecule has 0 atom stereocenters. The monoisotopic (exact) mass is 516 g/mol. The van der Waals surface area contributed by atoms with Crippen molar-refractivity contribution in [3.05, 3.63) is 66.5 Å². The van der Waals surface area contributed by atoms with E-state index in [2.05, 4.69) is 30.8 Å². The van der Waals surface area contributed by atoms with Crippen molar-refractivity contribution in [1.82, 2.24) is 20.6 Å². The quantitative estimate of drug-likeness (QED) is 0.374. The number of aromatic nitrogens is 2. The van der Waals surface area contributed by atoms with Gasteiger partial charge in [-0.15, -0.1) is 0 Å². The number of methoxy groups -OCH3 is 1.